The van der Waals surface area contributed by atoms with Crippen molar-refractivity contribution in [2.75, 3.05) is 13.1 Å². The van der Waals surface area contributed by atoms with Gasteiger partial charge in [-0.15, -0.1) is 0 Å². The van der Waals surface area contributed by atoms with Crippen LogP contribution in [-0.4, -0.2) is 35.8 Å². The largest absolute Gasteiger partial charge is 0.457 e. The van der Waals surface area contributed by atoms with Gasteiger partial charge in [-0.3, -0.25) is 14.5 Å². The Morgan fingerprint density at radius 3 is 2.13 bits per heavy atom. The van der Waals surface area contributed by atoms with Gasteiger partial charge in [0.25, 0.3) is 5.91 Å². The van der Waals surface area contributed by atoms with Crippen LogP contribution in [-0.2, 0) is 6.54 Å². The van der Waals surface area contributed by atoms with E-state index in [1.165, 1.54) is 5.56 Å². The smallest absolute Gasteiger partial charge is 0.251 e. The summed E-state index contributed by atoms with van der Waals surface area (Å²) in [6.07, 6.45) is 0.946. The highest BCUT2D eigenvalue weighted by molar-refractivity contribution is 5.94. The molecule has 31 heavy (non-hydrogen) atoms. The second kappa shape index (κ2) is 9.45. The van der Waals surface area contributed by atoms with Crippen molar-refractivity contribution in [3.63, 3.8) is 0 Å². The summed E-state index contributed by atoms with van der Waals surface area (Å²) in [5, 5.41) is 3.13. The normalized spacial score (nSPS) is 16.1. The topological polar surface area (TPSA) is 84.7 Å². The molecule has 6 heteroatoms. The number of amides is 2. The Morgan fingerprint density at radius 2 is 1.52 bits per heavy atom. The van der Waals surface area contributed by atoms with Gasteiger partial charge in [-0.1, -0.05) is 30.3 Å². The van der Waals surface area contributed by atoms with Gasteiger partial charge in [0.1, 0.15) is 11.5 Å². The predicted molar refractivity (Wildman–Crippen MR) is 119 cm³/mol. The number of nitrogens with two attached hydrogens (primary N) is 1. The SMILES string of the molecule is NC(=O)c1ccc(Oc2ccc(C(=O)NC3CCN(Cc4ccccc4)C3)cc2)cc1. The van der Waals surface area contributed by atoms with Gasteiger partial charge in [0.2, 0.25) is 5.91 Å². The molecule has 1 saturated heterocycles. The number of hydrogen-bond acceptors (Lipinski definition) is 4. The zero-order chi connectivity index (χ0) is 21.6. The number of carbonyl (C=O) groups excluding carboxylic acids is 2. The summed E-state index contributed by atoms with van der Waals surface area (Å²) in [6, 6.07) is 24.1. The number of hydrogen-bond donors (Lipinski definition) is 2. The molecule has 0 bridgehead atoms. The highest BCUT2D eigenvalue weighted by atomic mass is 16.5. The average Bonchev–Trinajstić information content (AvgIpc) is 3.22. The maximum absolute atomic E-state index is 12.6. The van der Waals surface area contributed by atoms with Crippen LogP contribution in [0.2, 0.25) is 0 Å². The number of benzene rings is 3. The van der Waals surface area contributed by atoms with Gasteiger partial charge in [-0.2, -0.15) is 0 Å². The first-order chi connectivity index (χ1) is 15.1. The van der Waals surface area contributed by atoms with E-state index in [2.05, 4.69) is 22.3 Å². The van der Waals surface area contributed by atoms with Crippen LogP contribution in [0.1, 0.15) is 32.7 Å². The number of nitrogens with one attached hydrogen (secondary N) is 1. The van der Waals surface area contributed by atoms with Crippen LogP contribution >= 0.6 is 0 Å². The van der Waals surface area contributed by atoms with E-state index in [0.29, 0.717) is 22.6 Å². The van der Waals surface area contributed by atoms with E-state index in [-0.39, 0.29) is 11.9 Å². The number of rotatable bonds is 7. The van der Waals surface area contributed by atoms with Gasteiger partial charge in [0.05, 0.1) is 0 Å². The van der Waals surface area contributed by atoms with Crippen LogP contribution in [0.3, 0.4) is 0 Å². The van der Waals surface area contributed by atoms with Gasteiger partial charge >= 0.3 is 0 Å². The molecule has 0 aliphatic carbocycles. The molecule has 1 unspecified atom stereocenters. The van der Waals surface area contributed by atoms with E-state index in [1.807, 2.05) is 18.2 Å². The number of nitrogens with zero attached hydrogens (tertiary/aromatic N) is 1. The molecular weight excluding hydrogens is 390 g/mol. The summed E-state index contributed by atoms with van der Waals surface area (Å²) < 4.78 is 5.76. The second-order valence-corrected chi connectivity index (χ2v) is 7.69. The van der Waals surface area contributed by atoms with E-state index in [4.69, 9.17) is 10.5 Å². The summed E-state index contributed by atoms with van der Waals surface area (Å²) in [5.41, 5.74) is 7.55. The number of carbonyl (C=O) groups is 2. The van der Waals surface area contributed by atoms with Crippen molar-refractivity contribution in [1.29, 1.82) is 0 Å². The van der Waals surface area contributed by atoms with Crippen molar-refractivity contribution in [3.8, 4) is 11.5 Å². The van der Waals surface area contributed by atoms with Crippen LogP contribution in [0.5, 0.6) is 11.5 Å². The van der Waals surface area contributed by atoms with Crippen LogP contribution in [0.25, 0.3) is 0 Å². The molecule has 2 amide bonds. The van der Waals surface area contributed by atoms with Gasteiger partial charge in [-0.25, -0.2) is 0 Å². The first-order valence-corrected chi connectivity index (χ1v) is 10.3. The quantitative estimate of drug-likeness (QED) is 0.618. The minimum atomic E-state index is -0.479. The van der Waals surface area contributed by atoms with Gasteiger partial charge in [-0.05, 0) is 60.5 Å². The van der Waals surface area contributed by atoms with Crippen molar-refractivity contribution in [1.82, 2.24) is 10.2 Å². The molecule has 0 saturated carbocycles. The van der Waals surface area contributed by atoms with Crippen molar-refractivity contribution in [2.45, 2.75) is 19.0 Å². The Morgan fingerprint density at radius 1 is 0.903 bits per heavy atom. The van der Waals surface area contributed by atoms with Crippen LogP contribution in [0, 0.1) is 0 Å². The Balaban J connectivity index is 1.29. The molecule has 0 radical (unpaired) electrons. The summed E-state index contributed by atoms with van der Waals surface area (Å²) in [4.78, 5) is 26.1. The Kier molecular flexibility index (Phi) is 6.29. The fourth-order valence-corrected chi connectivity index (χ4v) is 3.70. The lowest BCUT2D eigenvalue weighted by Crippen LogP contribution is -2.36. The van der Waals surface area contributed by atoms with Crippen molar-refractivity contribution in [3.05, 3.63) is 95.6 Å². The minimum absolute atomic E-state index is 0.0797. The molecule has 3 aromatic carbocycles. The second-order valence-electron chi connectivity index (χ2n) is 7.69. The fourth-order valence-electron chi connectivity index (χ4n) is 3.70. The van der Waals surface area contributed by atoms with Crippen LogP contribution < -0.4 is 15.8 Å². The molecule has 0 spiro atoms. The molecule has 6 nitrogen and oxygen atoms in total. The zero-order valence-corrected chi connectivity index (χ0v) is 17.2. The Hall–Kier alpha value is -3.64. The lowest BCUT2D eigenvalue weighted by Gasteiger charge is -2.17. The summed E-state index contributed by atoms with van der Waals surface area (Å²) in [5.74, 6) is 0.640. The third kappa shape index (κ3) is 5.49. The number of ether oxygens (including phenoxy) is 1. The van der Waals surface area contributed by atoms with E-state index in [9.17, 15) is 9.59 Å². The molecule has 1 heterocycles. The van der Waals surface area contributed by atoms with Gasteiger partial charge in [0.15, 0.2) is 0 Å². The summed E-state index contributed by atoms with van der Waals surface area (Å²) >= 11 is 0. The predicted octanol–water partition coefficient (Wildman–Crippen LogP) is 3.58. The van der Waals surface area contributed by atoms with E-state index >= 15 is 0 Å². The third-order valence-corrected chi connectivity index (χ3v) is 5.35. The van der Waals surface area contributed by atoms with Gasteiger partial charge < -0.3 is 15.8 Å². The van der Waals surface area contributed by atoms with Gasteiger partial charge in [0, 0.05) is 36.8 Å². The Bertz CT molecular complexity index is 1030. The number of primary amides is 1. The summed E-state index contributed by atoms with van der Waals surface area (Å²) in [6.45, 7) is 2.73. The number of likely N-dealkylation sites (tertiary alicyclic amines) is 1. The molecule has 1 aliphatic rings. The van der Waals surface area contributed by atoms with E-state index in [1.54, 1.807) is 48.5 Å². The minimum Gasteiger partial charge on any atom is -0.457 e. The van der Waals surface area contributed by atoms with Crippen LogP contribution in [0.4, 0.5) is 0 Å². The van der Waals surface area contributed by atoms with E-state index < -0.39 is 5.91 Å². The highest BCUT2D eigenvalue weighted by Gasteiger charge is 2.24. The average molecular weight is 415 g/mol. The molecule has 0 aromatic heterocycles. The Labute approximate surface area is 181 Å². The molecule has 3 aromatic rings. The van der Waals surface area contributed by atoms with Crippen molar-refractivity contribution < 1.29 is 14.3 Å². The standard InChI is InChI=1S/C25H25N3O3/c26-24(29)19-6-10-22(11-7-19)31-23-12-8-20(9-13-23)25(30)27-21-14-15-28(17-21)16-18-4-2-1-3-5-18/h1-13,21H,14-17H2,(H2,26,29)(H,27,30). The van der Waals surface area contributed by atoms with Crippen molar-refractivity contribution in [2.24, 2.45) is 5.73 Å². The molecule has 1 fully saturated rings. The van der Waals surface area contributed by atoms with E-state index in [0.717, 1.165) is 26.1 Å². The zero-order valence-electron chi connectivity index (χ0n) is 17.2. The first-order valence-electron chi connectivity index (χ1n) is 10.3. The maximum Gasteiger partial charge on any atom is 0.251 e. The molecule has 3 N–H and O–H groups in total. The molecule has 4 rings (SSSR count). The molecule has 1 atom stereocenters. The first kappa shape index (κ1) is 20.6. The highest BCUT2D eigenvalue weighted by Crippen LogP contribution is 2.22. The van der Waals surface area contributed by atoms with Crippen molar-refractivity contribution >= 4 is 11.8 Å². The monoisotopic (exact) mass is 415 g/mol. The lowest BCUT2D eigenvalue weighted by molar-refractivity contribution is 0.0936. The lowest BCUT2D eigenvalue weighted by atomic mass is 10.1. The maximum atomic E-state index is 12.6. The molecule has 158 valence electrons. The fraction of sp³-hybridized carbons (Fsp3) is 0.200. The molecular formula is C25H25N3O3. The third-order valence-electron chi connectivity index (χ3n) is 5.35. The molecule has 1 aliphatic heterocycles. The summed E-state index contributed by atoms with van der Waals surface area (Å²) in [7, 11) is 0. The van der Waals surface area contributed by atoms with Crippen LogP contribution in [0.15, 0.2) is 78.9 Å².